The first-order valence-electron chi connectivity index (χ1n) is 15.7. The molecule has 1 saturated carbocycles. The summed E-state index contributed by atoms with van der Waals surface area (Å²) in [6.07, 6.45) is 10.0. The van der Waals surface area contributed by atoms with Crippen molar-refractivity contribution < 1.29 is 22.7 Å². The number of rotatable bonds is 3. The molecule has 2 aliphatic carbocycles. The van der Waals surface area contributed by atoms with Crippen LogP contribution in [0.15, 0.2) is 48.6 Å². The number of sulfonamides is 1. The zero-order valence-corrected chi connectivity index (χ0v) is 26.7. The van der Waals surface area contributed by atoms with Crippen LogP contribution < -0.4 is 14.4 Å². The highest BCUT2D eigenvalue weighted by Crippen LogP contribution is 2.47. The van der Waals surface area contributed by atoms with E-state index in [1.807, 2.05) is 25.1 Å². The number of anilines is 1. The summed E-state index contributed by atoms with van der Waals surface area (Å²) in [5.41, 5.74) is 3.32. The standard InChI is InChI=1S/C34H40ClN3O5S/c1-2-27-7-3-4-8-31(42-17-16-36)28-12-9-25(28)20-38-21-34(15-5-6-23-18-26(35)11-13-29(23)34)22-43-32-14-10-24(19-30(32)38)33(39)37-44(27,40)41/h4,8,10-11,13-14,18-19,25,27-28,31H,2-3,5-7,9,12,15,17,20-22H2,1H3,(H,37,39)/b8-4+/t25-,27+,28+,31-,34-/m0/s1. The molecule has 1 amide bonds. The number of amides is 1. The van der Waals surface area contributed by atoms with Gasteiger partial charge in [0.25, 0.3) is 5.91 Å². The molecule has 2 bridgehead atoms. The van der Waals surface area contributed by atoms with E-state index in [0.29, 0.717) is 44.1 Å². The maximum Gasteiger partial charge on any atom is 0.264 e. The topological polar surface area (TPSA) is 109 Å². The Hall–Kier alpha value is -3.06. The summed E-state index contributed by atoms with van der Waals surface area (Å²) in [6, 6.07) is 13.5. The van der Waals surface area contributed by atoms with Gasteiger partial charge in [-0.25, -0.2) is 13.1 Å². The molecular formula is C34H40ClN3O5S. The second kappa shape index (κ2) is 12.7. The molecule has 234 valence electrons. The number of carbonyl (C=O) groups excluding carboxylic acids is 1. The third kappa shape index (κ3) is 6.09. The summed E-state index contributed by atoms with van der Waals surface area (Å²) in [5.74, 6) is 0.597. The van der Waals surface area contributed by atoms with Crippen molar-refractivity contribution in [3.8, 4) is 11.8 Å². The molecule has 0 saturated heterocycles. The molecule has 0 radical (unpaired) electrons. The Morgan fingerprint density at radius 2 is 2.07 bits per heavy atom. The molecule has 2 aliphatic heterocycles. The number of benzene rings is 2. The van der Waals surface area contributed by atoms with Gasteiger partial charge < -0.3 is 14.4 Å². The zero-order valence-electron chi connectivity index (χ0n) is 25.1. The highest BCUT2D eigenvalue weighted by molar-refractivity contribution is 7.90. The van der Waals surface area contributed by atoms with Crippen LogP contribution >= 0.6 is 11.6 Å². The fourth-order valence-electron chi connectivity index (χ4n) is 7.61. The Labute approximate surface area is 265 Å². The van der Waals surface area contributed by atoms with Crippen LogP contribution in [0.5, 0.6) is 5.75 Å². The highest BCUT2D eigenvalue weighted by atomic mass is 35.5. The lowest BCUT2D eigenvalue weighted by Gasteiger charge is -2.46. The molecule has 8 nitrogen and oxygen atoms in total. The minimum absolute atomic E-state index is 0.00241. The van der Waals surface area contributed by atoms with Crippen LogP contribution in [0, 0.1) is 23.2 Å². The van der Waals surface area contributed by atoms with Gasteiger partial charge in [0.1, 0.15) is 12.4 Å². The van der Waals surface area contributed by atoms with Crippen LogP contribution in [0.2, 0.25) is 5.02 Å². The summed E-state index contributed by atoms with van der Waals surface area (Å²) in [7, 11) is -3.90. The smallest absolute Gasteiger partial charge is 0.264 e. The van der Waals surface area contributed by atoms with E-state index in [-0.39, 0.29) is 29.6 Å². The first-order chi connectivity index (χ1) is 21.2. The van der Waals surface area contributed by atoms with Crippen LogP contribution in [0.3, 0.4) is 0 Å². The number of hydrogen-bond donors (Lipinski definition) is 1. The fraction of sp³-hybridized carbons (Fsp3) is 0.529. The van der Waals surface area contributed by atoms with Gasteiger partial charge in [-0.05, 0) is 105 Å². The molecule has 1 N–H and O–H groups in total. The number of nitrogens with zero attached hydrogens (tertiary/aromatic N) is 2. The predicted molar refractivity (Wildman–Crippen MR) is 171 cm³/mol. The number of halogens is 1. The molecule has 6 rings (SSSR count). The van der Waals surface area contributed by atoms with Gasteiger partial charge in [0.2, 0.25) is 10.0 Å². The predicted octanol–water partition coefficient (Wildman–Crippen LogP) is 5.94. The Balaban J connectivity index is 1.42. The maximum atomic E-state index is 13.4. The van der Waals surface area contributed by atoms with Crippen molar-refractivity contribution in [2.24, 2.45) is 11.8 Å². The van der Waals surface area contributed by atoms with Gasteiger partial charge in [-0.1, -0.05) is 36.7 Å². The number of hydrogen-bond acceptors (Lipinski definition) is 7. The number of ether oxygens (including phenoxy) is 2. The molecule has 10 heteroatoms. The van der Waals surface area contributed by atoms with E-state index < -0.39 is 21.2 Å². The molecular weight excluding hydrogens is 598 g/mol. The first-order valence-corrected chi connectivity index (χ1v) is 17.7. The fourth-order valence-corrected chi connectivity index (χ4v) is 9.23. The summed E-state index contributed by atoms with van der Waals surface area (Å²) in [4.78, 5) is 15.7. The third-order valence-electron chi connectivity index (χ3n) is 10.1. The molecule has 0 aromatic heterocycles. The van der Waals surface area contributed by atoms with Gasteiger partial charge in [-0.15, -0.1) is 0 Å². The van der Waals surface area contributed by atoms with Crippen molar-refractivity contribution in [3.63, 3.8) is 0 Å². The van der Waals surface area contributed by atoms with E-state index in [2.05, 4.69) is 27.8 Å². The van der Waals surface area contributed by atoms with E-state index in [1.165, 1.54) is 11.1 Å². The van der Waals surface area contributed by atoms with Crippen molar-refractivity contribution >= 4 is 33.2 Å². The lowest BCUT2D eigenvalue weighted by atomic mass is 9.68. The zero-order chi connectivity index (χ0) is 30.9. The second-order valence-corrected chi connectivity index (χ2v) is 15.1. The maximum absolute atomic E-state index is 13.4. The van der Waals surface area contributed by atoms with E-state index in [0.717, 1.165) is 49.4 Å². The van der Waals surface area contributed by atoms with Crippen LogP contribution in [0.25, 0.3) is 0 Å². The summed E-state index contributed by atoms with van der Waals surface area (Å²) in [6.45, 7) is 3.74. The minimum Gasteiger partial charge on any atom is -0.490 e. The Morgan fingerprint density at radius 1 is 1.20 bits per heavy atom. The van der Waals surface area contributed by atoms with Crippen LogP contribution in [-0.2, 0) is 26.6 Å². The van der Waals surface area contributed by atoms with Gasteiger partial charge in [-0.2, -0.15) is 5.26 Å². The largest absolute Gasteiger partial charge is 0.490 e. The molecule has 44 heavy (non-hydrogen) atoms. The van der Waals surface area contributed by atoms with Crippen molar-refractivity contribution in [2.75, 3.05) is 31.2 Å². The SMILES string of the molecule is CC[C@@H]1CC/C=C/[C@H](OCC#N)[C@@H]2CC[C@H]2CN2C[C@@]3(CCCc4cc(Cl)ccc43)COc3ccc(cc32)C(=O)NS1(=O)=O. The van der Waals surface area contributed by atoms with Crippen LogP contribution in [0.4, 0.5) is 5.69 Å². The van der Waals surface area contributed by atoms with Crippen molar-refractivity contribution in [2.45, 2.75) is 75.1 Å². The third-order valence-corrected chi connectivity index (χ3v) is 12.3. The summed E-state index contributed by atoms with van der Waals surface area (Å²) < 4.78 is 41.5. The lowest BCUT2D eigenvalue weighted by molar-refractivity contribution is -0.000680. The second-order valence-electron chi connectivity index (χ2n) is 12.7. The average Bonchev–Trinajstić information content (AvgIpc) is 3.13. The number of fused-ring (bicyclic) bond motifs is 4. The van der Waals surface area contributed by atoms with Crippen molar-refractivity contribution in [1.82, 2.24) is 4.72 Å². The molecule has 1 fully saturated rings. The van der Waals surface area contributed by atoms with E-state index in [9.17, 15) is 18.5 Å². The first kappa shape index (κ1) is 30.9. The molecule has 2 aromatic rings. The molecule has 0 unspecified atom stereocenters. The Kier molecular flexibility index (Phi) is 8.96. The van der Waals surface area contributed by atoms with Gasteiger partial charge in [0.05, 0.1) is 29.7 Å². The molecule has 2 heterocycles. The molecule has 1 spiro atoms. The average molecular weight is 638 g/mol. The van der Waals surface area contributed by atoms with Gasteiger partial charge in [0, 0.05) is 29.1 Å². The van der Waals surface area contributed by atoms with Crippen LogP contribution in [0.1, 0.15) is 73.4 Å². The van der Waals surface area contributed by atoms with Crippen molar-refractivity contribution in [1.29, 1.82) is 5.26 Å². The van der Waals surface area contributed by atoms with Gasteiger partial charge in [-0.3, -0.25) is 4.79 Å². The number of allylic oxidation sites excluding steroid dienone is 1. The quantitative estimate of drug-likeness (QED) is 0.415. The molecule has 4 aliphatic rings. The highest BCUT2D eigenvalue weighted by Gasteiger charge is 2.44. The Bertz CT molecular complexity index is 1590. The number of aryl methyl sites for hydroxylation is 1. The lowest BCUT2D eigenvalue weighted by Crippen LogP contribution is -2.49. The van der Waals surface area contributed by atoms with Crippen molar-refractivity contribution in [3.05, 3.63) is 70.3 Å². The number of carbonyl (C=O) groups is 1. The van der Waals surface area contributed by atoms with Crippen LogP contribution in [-0.4, -0.2) is 52.0 Å². The monoisotopic (exact) mass is 637 g/mol. The molecule has 5 atom stereocenters. The number of nitriles is 1. The van der Waals surface area contributed by atoms with E-state index in [4.69, 9.17) is 21.1 Å². The summed E-state index contributed by atoms with van der Waals surface area (Å²) in [5, 5.41) is 9.30. The summed E-state index contributed by atoms with van der Waals surface area (Å²) >= 11 is 6.41. The van der Waals surface area contributed by atoms with E-state index >= 15 is 0 Å². The van der Waals surface area contributed by atoms with E-state index in [1.54, 1.807) is 18.2 Å². The van der Waals surface area contributed by atoms with Gasteiger partial charge >= 0.3 is 0 Å². The van der Waals surface area contributed by atoms with Gasteiger partial charge in [0.15, 0.2) is 0 Å². The minimum atomic E-state index is -3.90. The number of nitrogens with one attached hydrogen (secondary N) is 1. The Morgan fingerprint density at radius 3 is 2.84 bits per heavy atom. The normalized spacial score (nSPS) is 30.4. The molecule has 2 aromatic carbocycles.